The van der Waals surface area contributed by atoms with Crippen LogP contribution >= 0.6 is 11.6 Å². The second-order valence-corrected chi connectivity index (χ2v) is 4.57. The van der Waals surface area contributed by atoms with Gasteiger partial charge >= 0.3 is 0 Å². The number of nitrogens with one attached hydrogen (secondary N) is 1. The van der Waals surface area contributed by atoms with Crippen LogP contribution in [-0.4, -0.2) is 10.9 Å². The molecule has 2 aromatic rings. The van der Waals surface area contributed by atoms with Gasteiger partial charge in [-0.25, -0.2) is 0 Å². The normalized spacial score (nSPS) is 10.2. The fourth-order valence-electron chi connectivity index (χ4n) is 1.68. The minimum Gasteiger partial charge on any atom is -0.398 e. The van der Waals surface area contributed by atoms with Gasteiger partial charge in [-0.05, 0) is 36.2 Å². The van der Waals surface area contributed by atoms with Crippen LogP contribution in [0.1, 0.15) is 21.5 Å². The molecule has 2 rings (SSSR count). The maximum absolute atomic E-state index is 12.0. The highest BCUT2D eigenvalue weighted by atomic mass is 35.5. The number of halogens is 1. The number of nitrogen functional groups attached to an aromatic ring is 1. The molecule has 0 atom stereocenters. The third kappa shape index (κ3) is 3.03. The number of benzene rings is 1. The first-order valence-electron chi connectivity index (χ1n) is 5.81. The highest BCUT2D eigenvalue weighted by Gasteiger charge is 2.12. The van der Waals surface area contributed by atoms with Crippen LogP contribution in [0.15, 0.2) is 36.7 Å². The summed E-state index contributed by atoms with van der Waals surface area (Å²) in [6.07, 6.45) is 3.45. The van der Waals surface area contributed by atoms with Crippen molar-refractivity contribution < 1.29 is 4.79 Å². The first kappa shape index (κ1) is 13.4. The Labute approximate surface area is 116 Å². The van der Waals surface area contributed by atoms with E-state index in [0.29, 0.717) is 17.8 Å². The van der Waals surface area contributed by atoms with Crippen molar-refractivity contribution in [2.45, 2.75) is 13.5 Å². The molecule has 1 amide bonds. The van der Waals surface area contributed by atoms with E-state index >= 15 is 0 Å². The summed E-state index contributed by atoms with van der Waals surface area (Å²) >= 11 is 6.00. The maximum Gasteiger partial charge on any atom is 0.253 e. The van der Waals surface area contributed by atoms with Crippen molar-refractivity contribution in [1.82, 2.24) is 10.3 Å². The Kier molecular flexibility index (Phi) is 4.02. The molecule has 4 nitrogen and oxygen atoms in total. The number of nitrogens with two attached hydrogens (primary N) is 1. The molecule has 0 saturated carbocycles. The summed E-state index contributed by atoms with van der Waals surface area (Å²) in [7, 11) is 0. The van der Waals surface area contributed by atoms with E-state index in [9.17, 15) is 4.79 Å². The van der Waals surface area contributed by atoms with Gasteiger partial charge in [-0.3, -0.25) is 9.78 Å². The second-order valence-electron chi connectivity index (χ2n) is 4.19. The largest absolute Gasteiger partial charge is 0.398 e. The lowest BCUT2D eigenvalue weighted by Gasteiger charge is -2.09. The topological polar surface area (TPSA) is 68.0 Å². The van der Waals surface area contributed by atoms with Crippen LogP contribution < -0.4 is 11.1 Å². The van der Waals surface area contributed by atoms with Gasteiger partial charge < -0.3 is 11.1 Å². The van der Waals surface area contributed by atoms with Crippen molar-refractivity contribution in [2.24, 2.45) is 0 Å². The molecule has 98 valence electrons. The van der Waals surface area contributed by atoms with E-state index in [1.807, 2.05) is 13.0 Å². The number of carbonyl (C=O) groups is 1. The third-order valence-corrected chi connectivity index (χ3v) is 3.28. The van der Waals surface area contributed by atoms with Crippen LogP contribution in [0.4, 0.5) is 5.69 Å². The number of aryl methyl sites for hydroxylation is 1. The minimum absolute atomic E-state index is 0.249. The Morgan fingerprint density at radius 2 is 2.21 bits per heavy atom. The van der Waals surface area contributed by atoms with Crippen LogP contribution in [-0.2, 0) is 6.54 Å². The molecule has 0 unspecified atom stereocenters. The fourth-order valence-corrected chi connectivity index (χ4v) is 1.89. The second kappa shape index (κ2) is 5.71. The summed E-state index contributed by atoms with van der Waals surface area (Å²) in [5.41, 5.74) is 8.49. The Balaban J connectivity index is 2.10. The molecule has 1 aromatic heterocycles. The summed E-state index contributed by atoms with van der Waals surface area (Å²) in [5.74, 6) is -0.249. The minimum atomic E-state index is -0.249. The number of nitrogens with zero attached hydrogens (tertiary/aromatic N) is 1. The van der Waals surface area contributed by atoms with Crippen LogP contribution in [0.25, 0.3) is 0 Å². The zero-order valence-corrected chi connectivity index (χ0v) is 11.2. The molecule has 5 heteroatoms. The number of anilines is 1. The Bertz CT molecular complexity index is 613. The van der Waals surface area contributed by atoms with E-state index in [0.717, 1.165) is 11.1 Å². The third-order valence-electron chi connectivity index (χ3n) is 2.86. The molecule has 3 N–H and O–H groups in total. The van der Waals surface area contributed by atoms with Crippen molar-refractivity contribution in [2.75, 3.05) is 5.73 Å². The van der Waals surface area contributed by atoms with Gasteiger partial charge in [-0.2, -0.15) is 0 Å². The molecule has 0 radical (unpaired) electrons. The summed E-state index contributed by atoms with van der Waals surface area (Å²) in [4.78, 5) is 16.1. The van der Waals surface area contributed by atoms with Crippen LogP contribution in [0.2, 0.25) is 5.02 Å². The lowest BCUT2D eigenvalue weighted by atomic mass is 10.1. The van der Waals surface area contributed by atoms with Gasteiger partial charge in [0.15, 0.2) is 0 Å². The highest BCUT2D eigenvalue weighted by Crippen LogP contribution is 2.22. The Morgan fingerprint density at radius 3 is 2.95 bits per heavy atom. The molecule has 1 aromatic carbocycles. The number of amides is 1. The van der Waals surface area contributed by atoms with E-state index in [1.54, 1.807) is 30.6 Å². The predicted octanol–water partition coefficient (Wildman–Crippen LogP) is 2.56. The van der Waals surface area contributed by atoms with Gasteiger partial charge in [0.1, 0.15) is 0 Å². The smallest absolute Gasteiger partial charge is 0.253 e. The molecule has 0 fully saturated rings. The highest BCUT2D eigenvalue weighted by molar-refractivity contribution is 6.36. The predicted molar refractivity (Wildman–Crippen MR) is 76.0 cm³/mol. The standard InChI is InChI=1S/C14H14ClN3O/c1-9-5-6-17-7-10(9)8-18-14(19)11-3-2-4-12(16)13(11)15/h2-7H,8,16H2,1H3,(H,18,19). The SMILES string of the molecule is Cc1ccncc1CNC(=O)c1cccc(N)c1Cl. The van der Waals surface area contributed by atoms with Gasteiger partial charge in [0.25, 0.3) is 5.91 Å². The van der Waals surface area contributed by atoms with Crippen molar-refractivity contribution in [1.29, 1.82) is 0 Å². The summed E-state index contributed by atoms with van der Waals surface area (Å²) in [6.45, 7) is 2.38. The molecular formula is C14H14ClN3O. The molecule has 0 saturated heterocycles. The molecule has 0 spiro atoms. The van der Waals surface area contributed by atoms with Crippen LogP contribution in [0.3, 0.4) is 0 Å². The summed E-state index contributed by atoms with van der Waals surface area (Å²) in [5, 5.41) is 3.09. The van der Waals surface area contributed by atoms with Gasteiger partial charge in [0.2, 0.25) is 0 Å². The number of aromatic nitrogens is 1. The Morgan fingerprint density at radius 1 is 1.42 bits per heavy atom. The first-order chi connectivity index (χ1) is 9.09. The quantitative estimate of drug-likeness (QED) is 0.846. The van der Waals surface area contributed by atoms with Crippen LogP contribution in [0, 0.1) is 6.92 Å². The summed E-state index contributed by atoms with van der Waals surface area (Å²) < 4.78 is 0. The average molecular weight is 276 g/mol. The van der Waals surface area contributed by atoms with Gasteiger partial charge in [0, 0.05) is 18.9 Å². The van der Waals surface area contributed by atoms with Gasteiger partial charge in [-0.15, -0.1) is 0 Å². The molecule has 0 aliphatic rings. The number of pyridine rings is 1. The zero-order valence-electron chi connectivity index (χ0n) is 10.5. The Hall–Kier alpha value is -2.07. The number of hydrogen-bond donors (Lipinski definition) is 2. The van der Waals surface area contributed by atoms with E-state index in [2.05, 4.69) is 10.3 Å². The van der Waals surface area contributed by atoms with Crippen LogP contribution in [0.5, 0.6) is 0 Å². The number of carbonyl (C=O) groups excluding carboxylic acids is 1. The van der Waals surface area contributed by atoms with Crippen molar-refractivity contribution in [3.8, 4) is 0 Å². The lowest BCUT2D eigenvalue weighted by molar-refractivity contribution is 0.0951. The molecule has 0 aliphatic carbocycles. The molecule has 0 aliphatic heterocycles. The molecule has 0 bridgehead atoms. The lowest BCUT2D eigenvalue weighted by Crippen LogP contribution is -2.23. The van der Waals surface area contributed by atoms with E-state index in [1.165, 1.54) is 0 Å². The first-order valence-corrected chi connectivity index (χ1v) is 6.19. The van der Waals surface area contributed by atoms with Gasteiger partial charge in [-0.1, -0.05) is 17.7 Å². The summed E-state index contributed by atoms with van der Waals surface area (Å²) in [6, 6.07) is 6.90. The number of rotatable bonds is 3. The van der Waals surface area contributed by atoms with Crippen molar-refractivity contribution in [3.63, 3.8) is 0 Å². The average Bonchev–Trinajstić information content (AvgIpc) is 2.40. The van der Waals surface area contributed by atoms with Crippen molar-refractivity contribution >= 4 is 23.2 Å². The zero-order chi connectivity index (χ0) is 13.8. The molecular weight excluding hydrogens is 262 g/mol. The fraction of sp³-hybridized carbons (Fsp3) is 0.143. The van der Waals surface area contributed by atoms with Crippen molar-refractivity contribution in [3.05, 3.63) is 58.4 Å². The molecule has 19 heavy (non-hydrogen) atoms. The molecule has 1 heterocycles. The van der Waals surface area contributed by atoms with E-state index < -0.39 is 0 Å². The number of hydrogen-bond acceptors (Lipinski definition) is 3. The maximum atomic E-state index is 12.0. The van der Waals surface area contributed by atoms with E-state index in [4.69, 9.17) is 17.3 Å². The van der Waals surface area contributed by atoms with E-state index in [-0.39, 0.29) is 10.9 Å². The van der Waals surface area contributed by atoms with Gasteiger partial charge in [0.05, 0.1) is 16.3 Å². The monoisotopic (exact) mass is 275 g/mol.